The third kappa shape index (κ3) is 5.09. The molecule has 4 aromatic carbocycles. The molecule has 4 nitrogen and oxygen atoms in total. The standard InChI is InChI=1S/C48H35IN4/c1-27-5-13-31(14-6-27)41-35-21-23-37(50-35)42(32-15-7-28(2)8-16-32)39-25-26-40-44(34-19-11-30(4)12-20-34)45-46(49)47(52-48(45)53(39)40)43(38-24-22-36(41)51-38)33-17-9-29(3)10-18-33/h5-26,51H,1-4H3. The number of aromatic nitrogens is 2. The SMILES string of the molecule is Cc1ccc(C2=C3C=CC(=N3)C(c3ccc(C)cc3)=c3ccc([nH]3)=C(c3ccc(C)cc3)C3=C(I)c4c(-c5ccc(C)cc5)c5ccc2n5c4=N3)cc1. The molecule has 0 fully saturated rings. The Morgan fingerprint density at radius 3 is 1.58 bits per heavy atom. The van der Waals surface area contributed by atoms with Crippen molar-refractivity contribution in [2.24, 2.45) is 9.98 Å². The van der Waals surface area contributed by atoms with Gasteiger partial charge in [0.05, 0.1) is 31.9 Å². The Balaban J connectivity index is 1.40. The largest absolute Gasteiger partial charge is 0.354 e. The number of allylic oxidation sites excluding steroid dienone is 3. The van der Waals surface area contributed by atoms with Gasteiger partial charge in [-0.05, 0) is 109 Å². The average molecular weight is 795 g/mol. The van der Waals surface area contributed by atoms with Gasteiger partial charge in [0.1, 0.15) is 5.49 Å². The van der Waals surface area contributed by atoms with Crippen LogP contribution >= 0.6 is 22.6 Å². The summed E-state index contributed by atoms with van der Waals surface area (Å²) < 4.78 is 3.51. The zero-order valence-corrected chi connectivity index (χ0v) is 32.1. The van der Waals surface area contributed by atoms with Gasteiger partial charge in [0, 0.05) is 38.5 Å². The third-order valence-corrected chi connectivity index (χ3v) is 11.7. The molecule has 0 spiro atoms. The Morgan fingerprint density at radius 1 is 0.491 bits per heavy atom. The molecule has 6 heterocycles. The van der Waals surface area contributed by atoms with E-state index in [9.17, 15) is 0 Å². The van der Waals surface area contributed by atoms with E-state index in [0.29, 0.717) is 0 Å². The molecule has 3 aliphatic heterocycles. The van der Waals surface area contributed by atoms with Crippen LogP contribution in [0.25, 0.3) is 36.9 Å². The molecule has 53 heavy (non-hydrogen) atoms. The fourth-order valence-corrected chi connectivity index (χ4v) is 8.85. The van der Waals surface area contributed by atoms with Crippen molar-refractivity contribution < 1.29 is 0 Å². The Kier molecular flexibility index (Phi) is 7.31. The van der Waals surface area contributed by atoms with Gasteiger partial charge in [-0.1, -0.05) is 119 Å². The van der Waals surface area contributed by atoms with E-state index in [-0.39, 0.29) is 0 Å². The van der Waals surface area contributed by atoms with E-state index in [4.69, 9.17) is 9.98 Å². The second kappa shape index (κ2) is 12.1. The molecule has 0 amide bonds. The molecule has 0 saturated heterocycles. The molecule has 0 radical (unpaired) electrons. The van der Waals surface area contributed by atoms with Gasteiger partial charge in [-0.2, -0.15) is 0 Å². The molecule has 0 atom stereocenters. The van der Waals surface area contributed by atoms with Gasteiger partial charge in [-0.15, -0.1) is 0 Å². The minimum Gasteiger partial charge on any atom is -0.354 e. The molecule has 6 bridgehead atoms. The lowest BCUT2D eigenvalue weighted by atomic mass is 9.98. The predicted molar refractivity (Wildman–Crippen MR) is 226 cm³/mol. The maximum Gasteiger partial charge on any atom is 0.147 e. The van der Waals surface area contributed by atoms with Crippen molar-refractivity contribution in [2.75, 3.05) is 0 Å². The highest BCUT2D eigenvalue weighted by molar-refractivity contribution is 14.1. The first-order chi connectivity index (χ1) is 25.8. The number of hydrogen-bond acceptors (Lipinski definition) is 2. The van der Waals surface area contributed by atoms with Crippen LogP contribution in [0.2, 0.25) is 0 Å². The number of halogens is 1. The van der Waals surface area contributed by atoms with E-state index in [2.05, 4.69) is 193 Å². The van der Waals surface area contributed by atoms with E-state index in [1.54, 1.807) is 0 Å². The molecule has 0 saturated carbocycles. The molecule has 5 heteroatoms. The van der Waals surface area contributed by atoms with Gasteiger partial charge >= 0.3 is 0 Å². The number of hydrogen-bond donors (Lipinski definition) is 1. The summed E-state index contributed by atoms with van der Waals surface area (Å²) in [6, 6.07) is 44.3. The average Bonchev–Trinajstić information content (AvgIpc) is 4.00. The number of benzene rings is 4. The summed E-state index contributed by atoms with van der Waals surface area (Å²) in [6.07, 6.45) is 4.36. The lowest BCUT2D eigenvalue weighted by Gasteiger charge is -2.12. The molecule has 7 aromatic rings. The lowest BCUT2D eigenvalue weighted by molar-refractivity contribution is 1.06. The van der Waals surface area contributed by atoms with Crippen LogP contribution in [0.5, 0.6) is 0 Å². The summed E-state index contributed by atoms with van der Waals surface area (Å²) in [4.78, 5) is 15.0. The van der Waals surface area contributed by atoms with Crippen LogP contribution in [0.3, 0.4) is 0 Å². The zero-order chi connectivity index (χ0) is 36.0. The smallest absolute Gasteiger partial charge is 0.147 e. The van der Waals surface area contributed by atoms with Gasteiger partial charge in [-0.25, -0.2) is 9.98 Å². The minimum atomic E-state index is 0.928. The van der Waals surface area contributed by atoms with Crippen LogP contribution in [0.4, 0.5) is 0 Å². The van der Waals surface area contributed by atoms with Crippen molar-refractivity contribution in [1.82, 2.24) is 9.38 Å². The molecule has 1 N–H and O–H groups in total. The summed E-state index contributed by atoms with van der Waals surface area (Å²) in [5.41, 5.74) is 21.0. The number of nitrogens with one attached hydrogen (secondary N) is 1. The first-order valence-electron chi connectivity index (χ1n) is 18.0. The topological polar surface area (TPSA) is 44.9 Å². The van der Waals surface area contributed by atoms with Crippen LogP contribution in [0, 0.1) is 27.7 Å². The van der Waals surface area contributed by atoms with Gasteiger partial charge in [0.2, 0.25) is 0 Å². The number of rotatable bonds is 4. The molecule has 3 aliphatic rings. The van der Waals surface area contributed by atoms with Crippen LogP contribution in [0.1, 0.15) is 50.2 Å². The van der Waals surface area contributed by atoms with Gasteiger partial charge in [0.25, 0.3) is 0 Å². The maximum atomic E-state index is 5.65. The summed E-state index contributed by atoms with van der Waals surface area (Å²) in [7, 11) is 0. The van der Waals surface area contributed by atoms with Crippen LogP contribution in [-0.4, -0.2) is 15.1 Å². The first-order valence-corrected chi connectivity index (χ1v) is 19.1. The second-order valence-corrected chi connectivity index (χ2v) is 15.5. The van der Waals surface area contributed by atoms with Crippen molar-refractivity contribution in [3.8, 4) is 11.1 Å². The molecule has 0 aliphatic carbocycles. The van der Waals surface area contributed by atoms with E-state index in [0.717, 1.165) is 81.5 Å². The molecule has 0 unspecified atom stereocenters. The highest BCUT2D eigenvalue weighted by Gasteiger charge is 2.31. The van der Waals surface area contributed by atoms with E-state index in [1.165, 1.54) is 38.9 Å². The Labute approximate surface area is 321 Å². The monoisotopic (exact) mass is 794 g/mol. The number of aliphatic imine (C=N–C) groups is 1. The summed E-state index contributed by atoms with van der Waals surface area (Å²) in [5, 5.41) is 2.03. The van der Waals surface area contributed by atoms with Crippen molar-refractivity contribution in [3.05, 3.63) is 211 Å². The summed E-state index contributed by atoms with van der Waals surface area (Å²) >= 11 is 2.56. The normalized spacial score (nSPS) is 14.8. The van der Waals surface area contributed by atoms with Crippen LogP contribution < -0.4 is 16.2 Å². The Hall–Kier alpha value is -5.79. The number of H-pyrrole nitrogens is 1. The van der Waals surface area contributed by atoms with E-state index >= 15 is 0 Å². The number of aromatic amines is 1. The Bertz CT molecular complexity index is 2980. The number of fused-ring (bicyclic) bond motifs is 4. The number of aryl methyl sites for hydroxylation is 4. The molecular weight excluding hydrogens is 759 g/mol. The highest BCUT2D eigenvalue weighted by Crippen LogP contribution is 2.44. The summed E-state index contributed by atoms with van der Waals surface area (Å²) in [5.74, 6) is 0. The third-order valence-electron chi connectivity index (χ3n) is 10.7. The predicted octanol–water partition coefficient (Wildman–Crippen LogP) is 9.51. The Morgan fingerprint density at radius 2 is 1.00 bits per heavy atom. The summed E-state index contributed by atoms with van der Waals surface area (Å²) in [6.45, 7) is 8.55. The highest BCUT2D eigenvalue weighted by atomic mass is 127. The van der Waals surface area contributed by atoms with E-state index in [1.807, 2.05) is 0 Å². The van der Waals surface area contributed by atoms with E-state index < -0.39 is 0 Å². The van der Waals surface area contributed by atoms with Crippen molar-refractivity contribution >= 4 is 54.1 Å². The van der Waals surface area contributed by atoms with Crippen molar-refractivity contribution in [2.45, 2.75) is 27.7 Å². The molecule has 254 valence electrons. The minimum absolute atomic E-state index is 0.928. The molecule has 3 aromatic heterocycles. The zero-order valence-electron chi connectivity index (χ0n) is 29.9. The van der Waals surface area contributed by atoms with Crippen molar-refractivity contribution in [3.63, 3.8) is 0 Å². The molecule has 10 rings (SSSR count). The van der Waals surface area contributed by atoms with Crippen LogP contribution in [0.15, 0.2) is 155 Å². The second-order valence-electron chi connectivity index (χ2n) is 14.4. The van der Waals surface area contributed by atoms with Crippen LogP contribution in [-0.2, 0) is 0 Å². The lowest BCUT2D eigenvalue weighted by Crippen LogP contribution is -2.20. The van der Waals surface area contributed by atoms with Gasteiger partial charge < -0.3 is 4.98 Å². The first kappa shape index (κ1) is 31.9. The fourth-order valence-electron chi connectivity index (χ4n) is 7.95. The fraction of sp³-hybridized carbons (Fsp3) is 0.0833. The van der Waals surface area contributed by atoms with Gasteiger partial charge in [0.15, 0.2) is 0 Å². The number of nitrogens with zero attached hydrogens (tertiary/aromatic N) is 3. The maximum absolute atomic E-state index is 5.65. The molecular formula is C48H35IN4. The van der Waals surface area contributed by atoms with Gasteiger partial charge in [-0.3, -0.25) is 4.40 Å². The quantitative estimate of drug-likeness (QED) is 0.173. The van der Waals surface area contributed by atoms with Crippen molar-refractivity contribution in [1.29, 1.82) is 0 Å².